The summed E-state index contributed by atoms with van der Waals surface area (Å²) in [6, 6.07) is 7.43. The first kappa shape index (κ1) is 18.6. The van der Waals surface area contributed by atoms with Crippen LogP contribution in [0.25, 0.3) is 6.08 Å². The van der Waals surface area contributed by atoms with E-state index in [1.807, 2.05) is 31.2 Å². The quantitative estimate of drug-likeness (QED) is 0.587. The predicted molar refractivity (Wildman–Crippen MR) is 108 cm³/mol. The van der Waals surface area contributed by atoms with Gasteiger partial charge in [-0.05, 0) is 30.7 Å². The maximum Gasteiger partial charge on any atom is 0.266 e. The van der Waals surface area contributed by atoms with Crippen molar-refractivity contribution in [3.05, 3.63) is 46.3 Å². The van der Waals surface area contributed by atoms with Gasteiger partial charge in [-0.15, -0.1) is 11.3 Å². The lowest BCUT2D eigenvalue weighted by molar-refractivity contribution is -0.126. The number of nitrogens with one attached hydrogen (secondary N) is 1. The van der Waals surface area contributed by atoms with Gasteiger partial charge in [0.15, 0.2) is 5.13 Å². The third-order valence-electron chi connectivity index (χ3n) is 3.34. The number of nitrogens with zero attached hydrogens (tertiary/aromatic N) is 2. The summed E-state index contributed by atoms with van der Waals surface area (Å²) in [5, 5.41) is 4.89. The van der Waals surface area contributed by atoms with E-state index in [4.69, 9.17) is 17.0 Å². The molecule has 3 rings (SSSR count). The smallest absolute Gasteiger partial charge is 0.266 e. The maximum atomic E-state index is 12.6. The molecule has 0 unspecified atom stereocenters. The molecule has 9 heteroatoms. The highest BCUT2D eigenvalue weighted by Gasteiger charge is 2.33. The fourth-order valence-electron chi connectivity index (χ4n) is 2.20. The first-order chi connectivity index (χ1) is 12.6. The van der Waals surface area contributed by atoms with E-state index in [1.165, 1.54) is 28.0 Å². The van der Waals surface area contributed by atoms with E-state index in [0.29, 0.717) is 21.0 Å². The number of rotatable bonds is 6. The van der Waals surface area contributed by atoms with Gasteiger partial charge >= 0.3 is 0 Å². The molecule has 1 aromatic carbocycles. The van der Waals surface area contributed by atoms with Crippen molar-refractivity contribution in [2.45, 2.75) is 6.92 Å². The monoisotopic (exact) mass is 405 g/mol. The standard InChI is InChI=1S/C17H15N3O3S3/c1-2-23-12-5-3-11(4-6-12)9-13-15(22)20(17(24)26-13)10-14(21)19-16-18-7-8-25-16/h3-9H,2,10H2,1H3,(H,18,19,21)/b13-9-. The number of aromatic nitrogens is 1. The first-order valence-electron chi connectivity index (χ1n) is 7.74. The van der Waals surface area contributed by atoms with E-state index in [2.05, 4.69) is 10.3 Å². The van der Waals surface area contributed by atoms with Gasteiger partial charge in [-0.1, -0.05) is 36.1 Å². The highest BCUT2D eigenvalue weighted by Crippen LogP contribution is 2.32. The second kappa shape index (κ2) is 8.43. The van der Waals surface area contributed by atoms with Gasteiger partial charge in [0, 0.05) is 11.6 Å². The Kier molecular flexibility index (Phi) is 6.02. The average Bonchev–Trinajstić information content (AvgIpc) is 3.21. The molecule has 1 aromatic heterocycles. The molecule has 1 aliphatic heterocycles. The molecule has 2 heterocycles. The lowest BCUT2D eigenvalue weighted by atomic mass is 10.2. The topological polar surface area (TPSA) is 71.5 Å². The molecule has 26 heavy (non-hydrogen) atoms. The lowest BCUT2D eigenvalue weighted by Gasteiger charge is -2.13. The highest BCUT2D eigenvalue weighted by atomic mass is 32.2. The second-order valence-electron chi connectivity index (χ2n) is 5.16. The van der Waals surface area contributed by atoms with Gasteiger partial charge in [0.25, 0.3) is 5.91 Å². The Morgan fingerprint density at radius 1 is 1.38 bits per heavy atom. The van der Waals surface area contributed by atoms with Gasteiger partial charge in [-0.3, -0.25) is 14.5 Å². The molecule has 1 fully saturated rings. The van der Waals surface area contributed by atoms with Crippen LogP contribution in [-0.2, 0) is 9.59 Å². The van der Waals surface area contributed by atoms with Crippen molar-refractivity contribution in [3.8, 4) is 5.75 Å². The molecule has 1 aliphatic rings. The number of benzene rings is 1. The fourth-order valence-corrected chi connectivity index (χ4v) is 4.00. The molecule has 0 spiro atoms. The highest BCUT2D eigenvalue weighted by molar-refractivity contribution is 8.26. The van der Waals surface area contributed by atoms with Gasteiger partial charge in [0.1, 0.15) is 16.6 Å². The third kappa shape index (κ3) is 4.48. The predicted octanol–water partition coefficient (Wildman–Crippen LogP) is 3.38. The van der Waals surface area contributed by atoms with Crippen LogP contribution < -0.4 is 10.1 Å². The summed E-state index contributed by atoms with van der Waals surface area (Å²) in [5.41, 5.74) is 0.862. The van der Waals surface area contributed by atoms with Crippen LogP contribution in [0.5, 0.6) is 5.75 Å². The van der Waals surface area contributed by atoms with E-state index in [9.17, 15) is 9.59 Å². The van der Waals surface area contributed by atoms with Gasteiger partial charge < -0.3 is 10.1 Å². The van der Waals surface area contributed by atoms with Crippen LogP contribution in [0.15, 0.2) is 40.7 Å². The summed E-state index contributed by atoms with van der Waals surface area (Å²) in [6.45, 7) is 2.38. The summed E-state index contributed by atoms with van der Waals surface area (Å²) in [6.07, 6.45) is 3.35. The van der Waals surface area contributed by atoms with Crippen molar-refractivity contribution < 1.29 is 14.3 Å². The van der Waals surface area contributed by atoms with E-state index in [1.54, 1.807) is 17.7 Å². The molecule has 134 valence electrons. The van der Waals surface area contributed by atoms with E-state index < -0.39 is 0 Å². The van der Waals surface area contributed by atoms with Crippen LogP contribution in [0.4, 0.5) is 5.13 Å². The maximum absolute atomic E-state index is 12.6. The number of carbonyl (C=O) groups excluding carboxylic acids is 2. The van der Waals surface area contributed by atoms with Crippen LogP contribution in [0, 0.1) is 0 Å². The number of amides is 2. The molecule has 0 saturated carbocycles. The molecule has 1 N–H and O–H groups in total. The number of thiazole rings is 1. The number of carbonyl (C=O) groups is 2. The zero-order chi connectivity index (χ0) is 18.5. The molecular formula is C17H15N3O3S3. The summed E-state index contributed by atoms with van der Waals surface area (Å²) < 4.78 is 5.76. The van der Waals surface area contributed by atoms with Crippen LogP contribution in [0.1, 0.15) is 12.5 Å². The Labute approximate surface area is 164 Å². The van der Waals surface area contributed by atoms with Crippen molar-refractivity contribution in [1.29, 1.82) is 0 Å². The zero-order valence-electron chi connectivity index (χ0n) is 13.8. The Morgan fingerprint density at radius 2 is 2.15 bits per heavy atom. The summed E-state index contributed by atoms with van der Waals surface area (Å²) in [4.78, 5) is 30.4. The number of hydrogen-bond donors (Lipinski definition) is 1. The molecule has 2 aromatic rings. The van der Waals surface area contributed by atoms with E-state index in [0.717, 1.165) is 11.3 Å². The van der Waals surface area contributed by atoms with Crippen LogP contribution >= 0.6 is 35.3 Å². The van der Waals surface area contributed by atoms with Crippen LogP contribution in [0.2, 0.25) is 0 Å². The number of ether oxygens (including phenoxy) is 1. The van der Waals surface area contributed by atoms with E-state index in [-0.39, 0.29) is 18.4 Å². The molecule has 0 bridgehead atoms. The Balaban J connectivity index is 1.66. The molecule has 0 radical (unpaired) electrons. The first-order valence-corrected chi connectivity index (χ1v) is 9.85. The van der Waals surface area contributed by atoms with E-state index >= 15 is 0 Å². The molecule has 0 aliphatic carbocycles. The number of anilines is 1. The van der Waals surface area contributed by atoms with Crippen molar-refractivity contribution in [2.75, 3.05) is 18.5 Å². The SMILES string of the molecule is CCOc1ccc(/C=C2\SC(=S)N(CC(=O)Nc3nccs3)C2=O)cc1. The molecule has 0 atom stereocenters. The Bertz CT molecular complexity index is 848. The molecule has 6 nitrogen and oxygen atoms in total. The fraction of sp³-hybridized carbons (Fsp3) is 0.176. The van der Waals surface area contributed by atoms with Gasteiger partial charge in [0.05, 0.1) is 11.5 Å². The normalized spacial score (nSPS) is 15.6. The van der Waals surface area contributed by atoms with Gasteiger partial charge in [0.2, 0.25) is 5.91 Å². The molecule has 2 amide bonds. The minimum atomic E-state index is -0.335. The Hall–Kier alpha value is -2.23. The van der Waals surface area contributed by atoms with Crippen molar-refractivity contribution in [1.82, 2.24) is 9.88 Å². The minimum absolute atomic E-state index is 0.134. The molecular weight excluding hydrogens is 390 g/mol. The van der Waals surface area contributed by atoms with Gasteiger partial charge in [-0.2, -0.15) is 0 Å². The number of hydrogen-bond acceptors (Lipinski definition) is 7. The number of thiocarbonyl (C=S) groups is 1. The average molecular weight is 406 g/mol. The van der Waals surface area contributed by atoms with Crippen molar-refractivity contribution >= 4 is 62.7 Å². The lowest BCUT2D eigenvalue weighted by Crippen LogP contribution is -2.36. The van der Waals surface area contributed by atoms with Crippen molar-refractivity contribution in [2.24, 2.45) is 0 Å². The molecule has 1 saturated heterocycles. The largest absolute Gasteiger partial charge is 0.494 e. The Morgan fingerprint density at radius 3 is 2.81 bits per heavy atom. The summed E-state index contributed by atoms with van der Waals surface area (Å²) >= 11 is 7.74. The van der Waals surface area contributed by atoms with Gasteiger partial charge in [-0.25, -0.2) is 4.98 Å². The van der Waals surface area contributed by atoms with Crippen molar-refractivity contribution in [3.63, 3.8) is 0 Å². The summed E-state index contributed by atoms with van der Waals surface area (Å²) in [5.74, 6) is 0.165. The van der Waals surface area contributed by atoms with Crippen LogP contribution in [0.3, 0.4) is 0 Å². The third-order valence-corrected chi connectivity index (χ3v) is 5.41. The number of thioether (sulfide) groups is 1. The summed E-state index contributed by atoms with van der Waals surface area (Å²) in [7, 11) is 0. The zero-order valence-corrected chi connectivity index (χ0v) is 16.2. The second-order valence-corrected chi connectivity index (χ2v) is 7.73. The minimum Gasteiger partial charge on any atom is -0.494 e. The van der Waals surface area contributed by atoms with Crippen LogP contribution in [-0.4, -0.2) is 39.2 Å².